The summed E-state index contributed by atoms with van der Waals surface area (Å²) in [6.07, 6.45) is 10.3. The summed E-state index contributed by atoms with van der Waals surface area (Å²) in [7, 11) is 0. The van der Waals surface area contributed by atoms with E-state index in [2.05, 4.69) is 56.3 Å². The number of allylic oxidation sites excluding steroid dienone is 7. The van der Waals surface area contributed by atoms with E-state index in [1.165, 1.54) is 11.1 Å². The van der Waals surface area contributed by atoms with Crippen LogP contribution < -0.4 is 5.32 Å². The number of fused-ring (bicyclic) bond motifs is 1. The van der Waals surface area contributed by atoms with E-state index in [1.807, 2.05) is 18.2 Å². The summed E-state index contributed by atoms with van der Waals surface area (Å²) in [5.74, 6) is 0. The summed E-state index contributed by atoms with van der Waals surface area (Å²) in [6, 6.07) is 0. The van der Waals surface area contributed by atoms with Crippen molar-refractivity contribution in [2.75, 3.05) is 0 Å². The van der Waals surface area contributed by atoms with E-state index in [9.17, 15) is 0 Å². The Morgan fingerprint density at radius 3 is 2.71 bits per heavy atom. The molecular formula is C11H9Br2N. The third-order valence-corrected chi connectivity index (χ3v) is 4.33. The highest BCUT2D eigenvalue weighted by molar-refractivity contribution is 9.14. The van der Waals surface area contributed by atoms with Crippen molar-refractivity contribution in [1.29, 1.82) is 0 Å². The lowest BCUT2D eigenvalue weighted by Crippen LogP contribution is -2.16. The lowest BCUT2D eigenvalue weighted by Gasteiger charge is -2.21. The van der Waals surface area contributed by atoms with Crippen LogP contribution in [0.2, 0.25) is 0 Å². The van der Waals surface area contributed by atoms with Crippen molar-refractivity contribution in [3.63, 3.8) is 0 Å². The van der Waals surface area contributed by atoms with Crippen LogP contribution in [0.3, 0.4) is 0 Å². The number of hydrogen-bond acceptors (Lipinski definition) is 1. The van der Waals surface area contributed by atoms with Crippen LogP contribution in [0.1, 0.15) is 6.92 Å². The average molecular weight is 315 g/mol. The van der Waals surface area contributed by atoms with Crippen LogP contribution in [-0.2, 0) is 0 Å². The molecule has 0 atom stereocenters. The first kappa shape index (κ1) is 9.99. The van der Waals surface area contributed by atoms with Gasteiger partial charge in [0.2, 0.25) is 0 Å². The zero-order valence-corrected chi connectivity index (χ0v) is 10.8. The molecule has 0 fully saturated rings. The normalized spacial score (nSPS) is 20.4. The minimum atomic E-state index is 0.980. The molecule has 0 aromatic heterocycles. The molecule has 1 aliphatic heterocycles. The highest BCUT2D eigenvalue weighted by Crippen LogP contribution is 2.34. The Balaban J connectivity index is 2.58. The molecule has 0 bridgehead atoms. The van der Waals surface area contributed by atoms with E-state index >= 15 is 0 Å². The monoisotopic (exact) mass is 313 g/mol. The van der Waals surface area contributed by atoms with Crippen LogP contribution in [0, 0.1) is 0 Å². The fourth-order valence-electron chi connectivity index (χ4n) is 1.44. The quantitative estimate of drug-likeness (QED) is 0.669. The molecule has 1 heterocycles. The van der Waals surface area contributed by atoms with Crippen molar-refractivity contribution in [1.82, 2.24) is 5.32 Å². The molecule has 0 saturated heterocycles. The van der Waals surface area contributed by atoms with Crippen molar-refractivity contribution >= 4 is 31.9 Å². The van der Waals surface area contributed by atoms with Gasteiger partial charge in [-0.2, -0.15) is 0 Å². The summed E-state index contributed by atoms with van der Waals surface area (Å²) < 4.78 is 2.06. The lowest BCUT2D eigenvalue weighted by atomic mass is 10.0. The zero-order valence-electron chi connectivity index (χ0n) is 7.64. The second-order valence-electron chi connectivity index (χ2n) is 3.12. The molecule has 14 heavy (non-hydrogen) atoms. The van der Waals surface area contributed by atoms with E-state index in [4.69, 9.17) is 0 Å². The minimum absolute atomic E-state index is 0.980. The summed E-state index contributed by atoms with van der Waals surface area (Å²) >= 11 is 7.02. The molecule has 0 aromatic carbocycles. The van der Waals surface area contributed by atoms with Crippen LogP contribution >= 0.6 is 31.9 Å². The molecule has 2 aliphatic rings. The van der Waals surface area contributed by atoms with Gasteiger partial charge in [0.1, 0.15) is 0 Å². The number of nitrogens with one attached hydrogen (secondary N) is 1. The fraction of sp³-hybridized carbons (Fsp3) is 0.0909. The molecule has 1 aliphatic carbocycles. The molecule has 0 radical (unpaired) electrons. The predicted molar refractivity (Wildman–Crippen MR) is 67.1 cm³/mol. The van der Waals surface area contributed by atoms with Gasteiger partial charge in [-0.1, -0.05) is 24.3 Å². The highest BCUT2D eigenvalue weighted by atomic mass is 79.9. The zero-order chi connectivity index (χ0) is 10.1. The lowest BCUT2D eigenvalue weighted by molar-refractivity contribution is 1.03. The van der Waals surface area contributed by atoms with Crippen molar-refractivity contribution < 1.29 is 0 Å². The fourth-order valence-corrected chi connectivity index (χ4v) is 2.26. The van der Waals surface area contributed by atoms with Crippen molar-refractivity contribution in [3.05, 3.63) is 56.3 Å². The molecule has 0 unspecified atom stereocenters. The Hall–Kier alpha value is -0.540. The van der Waals surface area contributed by atoms with E-state index in [0.29, 0.717) is 0 Å². The molecule has 0 amide bonds. The van der Waals surface area contributed by atoms with Gasteiger partial charge in [-0.05, 0) is 50.4 Å². The third kappa shape index (κ3) is 1.66. The molecule has 2 rings (SSSR count). The van der Waals surface area contributed by atoms with Gasteiger partial charge in [0.05, 0.1) is 9.09 Å². The number of rotatable bonds is 0. The van der Waals surface area contributed by atoms with Crippen molar-refractivity contribution in [2.45, 2.75) is 6.92 Å². The predicted octanol–water partition coefficient (Wildman–Crippen LogP) is 3.87. The molecule has 0 aromatic rings. The van der Waals surface area contributed by atoms with Gasteiger partial charge in [0.25, 0.3) is 0 Å². The van der Waals surface area contributed by atoms with Crippen LogP contribution in [-0.4, -0.2) is 0 Å². The third-order valence-electron chi connectivity index (χ3n) is 2.21. The van der Waals surface area contributed by atoms with Crippen molar-refractivity contribution in [3.8, 4) is 0 Å². The molecule has 1 N–H and O–H groups in total. The second kappa shape index (κ2) is 3.91. The minimum Gasteiger partial charge on any atom is -0.348 e. The van der Waals surface area contributed by atoms with E-state index in [-0.39, 0.29) is 0 Å². The van der Waals surface area contributed by atoms with Crippen LogP contribution in [0.4, 0.5) is 0 Å². The second-order valence-corrected chi connectivity index (χ2v) is 4.70. The summed E-state index contributed by atoms with van der Waals surface area (Å²) in [5, 5.41) is 3.29. The first-order chi connectivity index (χ1) is 6.70. The standard InChI is InChI=1S/C11H9Br2N/c1-7-8-5-3-2-4-6-9(8)14-11(13)10(7)12/h2-6,14H,1H3. The van der Waals surface area contributed by atoms with Gasteiger partial charge < -0.3 is 5.32 Å². The Labute approximate surface area is 100 Å². The molecule has 1 nitrogen and oxygen atoms in total. The summed E-state index contributed by atoms with van der Waals surface area (Å²) in [5.41, 5.74) is 3.59. The molecule has 0 spiro atoms. The Morgan fingerprint density at radius 2 is 1.93 bits per heavy atom. The van der Waals surface area contributed by atoms with E-state index in [1.54, 1.807) is 0 Å². The molecular weight excluding hydrogens is 306 g/mol. The van der Waals surface area contributed by atoms with Gasteiger partial charge in [-0.3, -0.25) is 0 Å². The Kier molecular flexibility index (Phi) is 2.79. The van der Waals surface area contributed by atoms with E-state index in [0.717, 1.165) is 14.8 Å². The molecule has 3 heteroatoms. The smallest absolute Gasteiger partial charge is 0.0971 e. The van der Waals surface area contributed by atoms with Gasteiger partial charge in [0, 0.05) is 11.3 Å². The first-order valence-electron chi connectivity index (χ1n) is 4.29. The largest absolute Gasteiger partial charge is 0.348 e. The Morgan fingerprint density at radius 1 is 1.14 bits per heavy atom. The summed E-state index contributed by atoms with van der Waals surface area (Å²) in [4.78, 5) is 0. The maximum atomic E-state index is 3.54. The maximum Gasteiger partial charge on any atom is 0.0971 e. The maximum absolute atomic E-state index is 3.54. The SMILES string of the molecule is CC1=C2C=CC=CC=C2NC(Br)=C1Br. The van der Waals surface area contributed by atoms with Gasteiger partial charge in [-0.15, -0.1) is 0 Å². The summed E-state index contributed by atoms with van der Waals surface area (Å²) in [6.45, 7) is 2.10. The van der Waals surface area contributed by atoms with Crippen LogP contribution in [0.25, 0.3) is 0 Å². The van der Waals surface area contributed by atoms with Crippen LogP contribution in [0.5, 0.6) is 0 Å². The number of hydrogen-bond donors (Lipinski definition) is 1. The van der Waals surface area contributed by atoms with Crippen molar-refractivity contribution in [2.24, 2.45) is 0 Å². The van der Waals surface area contributed by atoms with Gasteiger partial charge in [-0.25, -0.2) is 0 Å². The molecule has 0 saturated carbocycles. The van der Waals surface area contributed by atoms with E-state index < -0.39 is 0 Å². The highest BCUT2D eigenvalue weighted by Gasteiger charge is 2.17. The topological polar surface area (TPSA) is 12.0 Å². The number of dihydropyridines is 1. The van der Waals surface area contributed by atoms with Gasteiger partial charge >= 0.3 is 0 Å². The van der Waals surface area contributed by atoms with Crippen LogP contribution in [0.15, 0.2) is 56.3 Å². The first-order valence-corrected chi connectivity index (χ1v) is 5.87. The number of halogens is 2. The Bertz CT molecular complexity index is 423. The molecule has 72 valence electrons. The van der Waals surface area contributed by atoms with Gasteiger partial charge in [0.15, 0.2) is 0 Å². The average Bonchev–Trinajstić information content (AvgIpc) is 2.39.